The van der Waals surface area contributed by atoms with E-state index in [1.165, 1.54) is 0 Å². The first-order chi connectivity index (χ1) is 7.51. The van der Waals surface area contributed by atoms with E-state index >= 15 is 0 Å². The third kappa shape index (κ3) is 1.96. The van der Waals surface area contributed by atoms with Gasteiger partial charge in [-0.2, -0.15) is 0 Å². The summed E-state index contributed by atoms with van der Waals surface area (Å²) >= 11 is 0. The second-order valence-electron chi connectivity index (χ2n) is 4.79. The van der Waals surface area contributed by atoms with Crippen LogP contribution >= 0.6 is 0 Å². The molecule has 1 fully saturated rings. The van der Waals surface area contributed by atoms with Crippen molar-refractivity contribution >= 4 is 11.9 Å². The van der Waals surface area contributed by atoms with Crippen LogP contribution in [0.5, 0.6) is 0 Å². The fraction of sp³-hybridized carbons (Fsp3) is 0.667. The van der Waals surface area contributed by atoms with Crippen molar-refractivity contribution in [2.75, 3.05) is 0 Å². The minimum absolute atomic E-state index is 0.129. The van der Waals surface area contributed by atoms with Gasteiger partial charge in [-0.25, -0.2) is 4.79 Å². The van der Waals surface area contributed by atoms with Crippen LogP contribution in [0.4, 0.5) is 0 Å². The number of carbonyl (C=O) groups excluding carboxylic acids is 1. The molecule has 0 radical (unpaired) electrons. The number of hydrogen-bond acceptors (Lipinski definition) is 3. The van der Waals surface area contributed by atoms with E-state index in [0.29, 0.717) is 24.8 Å². The second kappa shape index (κ2) is 3.92. The Labute approximate surface area is 94.3 Å². The van der Waals surface area contributed by atoms with Crippen LogP contribution in [0.25, 0.3) is 0 Å². The molecule has 1 saturated heterocycles. The predicted octanol–water partition coefficient (Wildman–Crippen LogP) is 1.89. The largest absolute Gasteiger partial charge is 0.478 e. The highest BCUT2D eigenvalue weighted by molar-refractivity contribution is 5.86. The summed E-state index contributed by atoms with van der Waals surface area (Å²) in [6.07, 6.45) is 5.09. The molecule has 0 bridgehead atoms. The van der Waals surface area contributed by atoms with Gasteiger partial charge < -0.3 is 9.84 Å². The van der Waals surface area contributed by atoms with Crippen molar-refractivity contribution in [3.63, 3.8) is 0 Å². The number of allylic oxidation sites excluding steroid dienone is 1. The molecule has 1 heterocycles. The molecule has 2 rings (SSSR count). The van der Waals surface area contributed by atoms with Gasteiger partial charge in [0.05, 0.1) is 0 Å². The molecule has 0 aromatic carbocycles. The molecular formula is C12H16O4. The topological polar surface area (TPSA) is 63.6 Å². The minimum Gasteiger partial charge on any atom is -0.478 e. The fourth-order valence-electron chi connectivity index (χ4n) is 2.58. The van der Waals surface area contributed by atoms with Gasteiger partial charge in [0.15, 0.2) is 0 Å². The number of ether oxygens (including phenoxy) is 1. The smallest absolute Gasteiger partial charge is 0.331 e. The van der Waals surface area contributed by atoms with Gasteiger partial charge in [-0.1, -0.05) is 6.08 Å². The van der Waals surface area contributed by atoms with Crippen molar-refractivity contribution in [2.45, 2.75) is 44.6 Å². The van der Waals surface area contributed by atoms with Gasteiger partial charge in [0.2, 0.25) is 0 Å². The van der Waals surface area contributed by atoms with E-state index in [0.717, 1.165) is 12.8 Å². The normalized spacial score (nSPS) is 34.4. The maximum atomic E-state index is 11.1. The van der Waals surface area contributed by atoms with Crippen molar-refractivity contribution in [1.29, 1.82) is 0 Å². The number of hydrogen-bond donors (Lipinski definition) is 1. The number of carbonyl (C=O) groups is 2. The number of esters is 1. The van der Waals surface area contributed by atoms with Gasteiger partial charge in [-0.05, 0) is 32.6 Å². The molecule has 1 aliphatic heterocycles. The van der Waals surface area contributed by atoms with Gasteiger partial charge in [0.1, 0.15) is 5.60 Å². The maximum absolute atomic E-state index is 11.1. The van der Waals surface area contributed by atoms with Gasteiger partial charge >= 0.3 is 11.9 Å². The third-order valence-electron chi connectivity index (χ3n) is 3.72. The minimum atomic E-state index is -0.827. The quantitative estimate of drug-likeness (QED) is 0.727. The SMILES string of the molecule is CC1(C2CC=C(C(=O)O)CC2)CCC(=O)O1. The molecule has 0 aromatic rings. The molecule has 0 aromatic heterocycles. The Kier molecular flexibility index (Phi) is 2.74. The Bertz CT molecular complexity index is 358. The lowest BCUT2D eigenvalue weighted by molar-refractivity contribution is -0.151. The lowest BCUT2D eigenvalue weighted by Crippen LogP contribution is -2.35. The van der Waals surface area contributed by atoms with Crippen LogP contribution in [0, 0.1) is 5.92 Å². The lowest BCUT2D eigenvalue weighted by Gasteiger charge is -2.34. The molecule has 0 spiro atoms. The number of cyclic esters (lactones) is 1. The van der Waals surface area contributed by atoms with Crippen LogP contribution in [0.1, 0.15) is 39.0 Å². The van der Waals surface area contributed by atoms with Crippen LogP contribution < -0.4 is 0 Å². The number of rotatable bonds is 2. The average Bonchev–Trinajstić information content (AvgIpc) is 2.60. The summed E-state index contributed by atoms with van der Waals surface area (Å²) in [5.74, 6) is -0.690. The molecule has 1 N–H and O–H groups in total. The number of carboxylic acids is 1. The highest BCUT2D eigenvalue weighted by Crippen LogP contribution is 2.40. The molecule has 0 amide bonds. The van der Waals surface area contributed by atoms with Gasteiger partial charge in [0.25, 0.3) is 0 Å². The zero-order chi connectivity index (χ0) is 11.8. The van der Waals surface area contributed by atoms with Crippen molar-refractivity contribution in [2.24, 2.45) is 5.92 Å². The number of aliphatic carboxylic acids is 1. The van der Waals surface area contributed by atoms with Crippen LogP contribution in [0.15, 0.2) is 11.6 Å². The Morgan fingerprint density at radius 1 is 1.56 bits per heavy atom. The Morgan fingerprint density at radius 3 is 2.75 bits per heavy atom. The number of carboxylic acid groups (broad SMARTS) is 1. The summed E-state index contributed by atoms with van der Waals surface area (Å²) in [6.45, 7) is 1.96. The first-order valence-electron chi connectivity index (χ1n) is 5.65. The molecule has 0 saturated carbocycles. The van der Waals surface area contributed by atoms with Crippen LogP contribution in [0.3, 0.4) is 0 Å². The first kappa shape index (κ1) is 11.2. The molecular weight excluding hydrogens is 208 g/mol. The van der Waals surface area contributed by atoms with E-state index in [-0.39, 0.29) is 17.5 Å². The summed E-state index contributed by atoms with van der Waals surface area (Å²) in [6, 6.07) is 0. The lowest BCUT2D eigenvalue weighted by atomic mass is 9.77. The summed E-state index contributed by atoms with van der Waals surface area (Å²) in [5, 5.41) is 8.84. The van der Waals surface area contributed by atoms with E-state index < -0.39 is 5.97 Å². The van der Waals surface area contributed by atoms with Crippen LogP contribution in [-0.2, 0) is 14.3 Å². The zero-order valence-electron chi connectivity index (χ0n) is 9.36. The van der Waals surface area contributed by atoms with E-state index in [4.69, 9.17) is 9.84 Å². The summed E-state index contributed by atoms with van der Waals surface area (Å²) in [7, 11) is 0. The van der Waals surface area contributed by atoms with Gasteiger partial charge in [-0.3, -0.25) is 4.79 Å². The van der Waals surface area contributed by atoms with Crippen molar-refractivity contribution in [3.05, 3.63) is 11.6 Å². The Hall–Kier alpha value is -1.32. The summed E-state index contributed by atoms with van der Waals surface area (Å²) < 4.78 is 5.37. The highest BCUT2D eigenvalue weighted by atomic mass is 16.6. The monoisotopic (exact) mass is 224 g/mol. The van der Waals surface area contributed by atoms with E-state index in [2.05, 4.69) is 0 Å². The average molecular weight is 224 g/mol. The third-order valence-corrected chi connectivity index (χ3v) is 3.72. The first-order valence-corrected chi connectivity index (χ1v) is 5.65. The van der Waals surface area contributed by atoms with E-state index in [1.54, 1.807) is 6.08 Å². The summed E-state index contributed by atoms with van der Waals surface area (Å²) in [5.41, 5.74) is 0.113. The zero-order valence-corrected chi connectivity index (χ0v) is 9.36. The van der Waals surface area contributed by atoms with Gasteiger partial charge in [0, 0.05) is 17.9 Å². The van der Waals surface area contributed by atoms with Crippen LogP contribution in [0.2, 0.25) is 0 Å². The molecule has 4 nitrogen and oxygen atoms in total. The molecule has 88 valence electrons. The molecule has 2 aliphatic rings. The standard InChI is InChI=1S/C12H16O4/c1-12(7-6-10(13)16-12)9-4-2-8(3-5-9)11(14)15/h2,9H,3-7H2,1H3,(H,14,15). The fourth-order valence-corrected chi connectivity index (χ4v) is 2.58. The Morgan fingerprint density at radius 2 is 2.31 bits per heavy atom. The molecule has 16 heavy (non-hydrogen) atoms. The molecule has 1 aliphatic carbocycles. The van der Waals surface area contributed by atoms with Crippen molar-refractivity contribution < 1.29 is 19.4 Å². The van der Waals surface area contributed by atoms with E-state index in [9.17, 15) is 9.59 Å². The summed E-state index contributed by atoms with van der Waals surface area (Å²) in [4.78, 5) is 21.9. The Balaban J connectivity index is 2.04. The second-order valence-corrected chi connectivity index (χ2v) is 4.79. The maximum Gasteiger partial charge on any atom is 0.331 e. The van der Waals surface area contributed by atoms with E-state index in [1.807, 2.05) is 6.92 Å². The van der Waals surface area contributed by atoms with Crippen molar-refractivity contribution in [3.8, 4) is 0 Å². The predicted molar refractivity (Wildman–Crippen MR) is 56.8 cm³/mol. The van der Waals surface area contributed by atoms with Crippen molar-refractivity contribution in [1.82, 2.24) is 0 Å². The highest BCUT2D eigenvalue weighted by Gasteiger charge is 2.43. The van der Waals surface area contributed by atoms with Gasteiger partial charge in [-0.15, -0.1) is 0 Å². The molecule has 4 heteroatoms. The molecule has 2 atom stereocenters. The van der Waals surface area contributed by atoms with Crippen LogP contribution in [-0.4, -0.2) is 22.6 Å². The molecule has 2 unspecified atom stereocenters.